The Morgan fingerprint density at radius 1 is 0.949 bits per heavy atom. The van der Waals surface area contributed by atoms with Crippen molar-refractivity contribution < 1.29 is 19.5 Å². The quantitative estimate of drug-likeness (QED) is 0.231. The van der Waals surface area contributed by atoms with Crippen molar-refractivity contribution in [3.63, 3.8) is 0 Å². The van der Waals surface area contributed by atoms with Gasteiger partial charge in [0.25, 0.3) is 0 Å². The SMILES string of the molecule is CC(C)N(C(=O)CN1C=CN(c2ccccc2)C(=O)C(CC(=N)c2ccccc2N)C1=O)c1ccc(O)cc1. The number of aromatic hydroxyl groups is 1. The van der Waals surface area contributed by atoms with Crippen LogP contribution in [0.15, 0.2) is 91.3 Å². The third-order valence-corrected chi connectivity index (χ3v) is 6.46. The average Bonchev–Trinajstić information content (AvgIpc) is 3.02. The minimum absolute atomic E-state index is 0.0499. The molecule has 4 N–H and O–H groups in total. The Morgan fingerprint density at radius 3 is 2.23 bits per heavy atom. The topological polar surface area (TPSA) is 131 Å². The van der Waals surface area contributed by atoms with E-state index in [-0.39, 0.29) is 36.4 Å². The van der Waals surface area contributed by atoms with Gasteiger partial charge in [-0.25, -0.2) is 0 Å². The molecule has 3 amide bonds. The van der Waals surface area contributed by atoms with E-state index in [9.17, 15) is 19.5 Å². The fourth-order valence-electron chi connectivity index (χ4n) is 4.53. The second-order valence-electron chi connectivity index (χ2n) is 9.50. The molecule has 0 saturated heterocycles. The lowest BCUT2D eigenvalue weighted by Crippen LogP contribution is -2.46. The molecule has 1 heterocycles. The summed E-state index contributed by atoms with van der Waals surface area (Å²) < 4.78 is 0. The van der Waals surface area contributed by atoms with Gasteiger partial charge in [0.1, 0.15) is 18.2 Å². The minimum atomic E-state index is -1.25. The molecule has 1 aliphatic heterocycles. The van der Waals surface area contributed by atoms with Gasteiger partial charge in [-0.15, -0.1) is 0 Å². The molecule has 0 spiro atoms. The molecule has 9 nitrogen and oxygen atoms in total. The monoisotopic (exact) mass is 525 g/mol. The molecule has 0 aliphatic carbocycles. The molecule has 1 aliphatic rings. The summed E-state index contributed by atoms with van der Waals surface area (Å²) in [6.07, 6.45) is 2.72. The zero-order chi connectivity index (χ0) is 28.1. The summed E-state index contributed by atoms with van der Waals surface area (Å²) in [5.74, 6) is -2.63. The molecule has 9 heteroatoms. The number of nitrogen functional groups attached to an aromatic ring is 1. The van der Waals surface area contributed by atoms with Crippen LogP contribution in [0.2, 0.25) is 0 Å². The number of carbonyl (C=O) groups excluding carboxylic acids is 3. The highest BCUT2D eigenvalue weighted by Crippen LogP contribution is 2.27. The standard InChI is InChI=1S/C30H31N5O4/c1-20(2)35(22-12-14-23(36)15-13-22)28(37)19-33-16-17-34(21-8-4-3-5-9-21)30(39)25(29(33)38)18-27(32)24-10-6-7-11-26(24)31/h3-17,20,25,32,36H,18-19,31H2,1-2H3. The van der Waals surface area contributed by atoms with Gasteiger partial charge in [0.05, 0.1) is 0 Å². The van der Waals surface area contributed by atoms with Crippen LogP contribution in [0.4, 0.5) is 17.1 Å². The number of carbonyl (C=O) groups is 3. The number of nitrogens with zero attached hydrogens (tertiary/aromatic N) is 3. The zero-order valence-electron chi connectivity index (χ0n) is 21.8. The van der Waals surface area contributed by atoms with Crippen molar-refractivity contribution in [2.24, 2.45) is 5.92 Å². The Labute approximate surface area is 227 Å². The average molecular weight is 526 g/mol. The lowest BCUT2D eigenvalue weighted by atomic mass is 9.94. The summed E-state index contributed by atoms with van der Waals surface area (Å²) in [6, 6.07) is 21.7. The third kappa shape index (κ3) is 5.98. The Balaban J connectivity index is 1.66. The zero-order valence-corrected chi connectivity index (χ0v) is 21.8. The Kier molecular flexibility index (Phi) is 8.10. The molecular weight excluding hydrogens is 494 g/mol. The molecule has 0 radical (unpaired) electrons. The predicted molar refractivity (Wildman–Crippen MR) is 151 cm³/mol. The first-order valence-electron chi connectivity index (χ1n) is 12.6. The smallest absolute Gasteiger partial charge is 0.247 e. The first kappa shape index (κ1) is 27.1. The van der Waals surface area contributed by atoms with Gasteiger partial charge in [-0.1, -0.05) is 36.4 Å². The summed E-state index contributed by atoms with van der Waals surface area (Å²) in [4.78, 5) is 45.1. The van der Waals surface area contributed by atoms with Crippen LogP contribution >= 0.6 is 0 Å². The summed E-state index contributed by atoms with van der Waals surface area (Å²) in [7, 11) is 0. The molecule has 0 saturated carbocycles. The molecule has 0 bridgehead atoms. The molecule has 3 aromatic carbocycles. The van der Waals surface area contributed by atoms with Gasteiger partial charge < -0.3 is 26.0 Å². The molecule has 1 atom stereocenters. The molecule has 39 heavy (non-hydrogen) atoms. The van der Waals surface area contributed by atoms with E-state index in [0.717, 1.165) is 0 Å². The fourth-order valence-corrected chi connectivity index (χ4v) is 4.53. The van der Waals surface area contributed by atoms with Crippen molar-refractivity contribution in [2.45, 2.75) is 26.3 Å². The van der Waals surface area contributed by atoms with Crippen LogP contribution < -0.4 is 15.5 Å². The van der Waals surface area contributed by atoms with E-state index in [4.69, 9.17) is 11.1 Å². The lowest BCUT2D eigenvalue weighted by molar-refractivity contribution is -0.140. The van der Waals surface area contributed by atoms with Crippen molar-refractivity contribution >= 4 is 40.5 Å². The normalized spacial score (nSPS) is 15.4. The maximum Gasteiger partial charge on any atom is 0.247 e. The van der Waals surface area contributed by atoms with Crippen LogP contribution in [0.3, 0.4) is 0 Å². The highest BCUT2D eigenvalue weighted by atomic mass is 16.3. The van der Waals surface area contributed by atoms with Gasteiger partial charge in [0.2, 0.25) is 17.7 Å². The maximum absolute atomic E-state index is 13.8. The fraction of sp³-hybridized carbons (Fsp3) is 0.200. The van der Waals surface area contributed by atoms with Crippen molar-refractivity contribution in [1.29, 1.82) is 5.41 Å². The Morgan fingerprint density at radius 2 is 1.59 bits per heavy atom. The van der Waals surface area contributed by atoms with Crippen LogP contribution in [0, 0.1) is 11.3 Å². The van der Waals surface area contributed by atoms with Crippen LogP contribution in [0.25, 0.3) is 0 Å². The van der Waals surface area contributed by atoms with E-state index in [0.29, 0.717) is 22.6 Å². The van der Waals surface area contributed by atoms with E-state index in [1.165, 1.54) is 39.2 Å². The highest BCUT2D eigenvalue weighted by molar-refractivity contribution is 6.15. The number of hydrogen-bond donors (Lipinski definition) is 3. The number of para-hydroxylation sites is 2. The summed E-state index contributed by atoms with van der Waals surface area (Å²) >= 11 is 0. The van der Waals surface area contributed by atoms with E-state index in [1.807, 2.05) is 19.9 Å². The van der Waals surface area contributed by atoms with Crippen LogP contribution in [0.5, 0.6) is 5.75 Å². The summed E-state index contributed by atoms with van der Waals surface area (Å²) in [5, 5.41) is 18.3. The second-order valence-corrected chi connectivity index (χ2v) is 9.50. The van der Waals surface area contributed by atoms with Crippen LogP contribution in [-0.4, -0.2) is 46.0 Å². The Hall–Kier alpha value is -4.92. The number of amides is 3. The molecule has 3 aromatic rings. The van der Waals surface area contributed by atoms with Crippen molar-refractivity contribution in [1.82, 2.24) is 4.90 Å². The van der Waals surface area contributed by atoms with Crippen molar-refractivity contribution in [3.05, 3.63) is 96.8 Å². The Bertz CT molecular complexity index is 1400. The number of anilines is 3. The number of hydrogen-bond acceptors (Lipinski definition) is 6. The number of nitrogens with one attached hydrogen (secondary N) is 1. The van der Waals surface area contributed by atoms with Gasteiger partial charge in [-0.2, -0.15) is 0 Å². The number of phenols is 1. The number of phenolic OH excluding ortho intramolecular Hbond substituents is 1. The highest BCUT2D eigenvalue weighted by Gasteiger charge is 2.38. The van der Waals surface area contributed by atoms with Gasteiger partial charge in [0.15, 0.2) is 0 Å². The van der Waals surface area contributed by atoms with Gasteiger partial charge in [-0.3, -0.25) is 19.3 Å². The largest absolute Gasteiger partial charge is 0.508 e. The van der Waals surface area contributed by atoms with E-state index < -0.39 is 17.7 Å². The van der Waals surface area contributed by atoms with Crippen LogP contribution in [0.1, 0.15) is 25.8 Å². The van der Waals surface area contributed by atoms with Gasteiger partial charge >= 0.3 is 0 Å². The minimum Gasteiger partial charge on any atom is -0.508 e. The lowest BCUT2D eigenvalue weighted by Gasteiger charge is -2.29. The van der Waals surface area contributed by atoms with E-state index in [1.54, 1.807) is 60.7 Å². The van der Waals surface area contributed by atoms with Gasteiger partial charge in [0, 0.05) is 53.2 Å². The van der Waals surface area contributed by atoms with Gasteiger partial charge in [-0.05, 0) is 56.3 Å². The first-order chi connectivity index (χ1) is 18.7. The number of rotatable bonds is 8. The third-order valence-electron chi connectivity index (χ3n) is 6.46. The number of benzene rings is 3. The molecule has 4 rings (SSSR count). The maximum atomic E-state index is 13.8. The second kappa shape index (κ2) is 11.6. The van der Waals surface area contributed by atoms with E-state index >= 15 is 0 Å². The van der Waals surface area contributed by atoms with Crippen molar-refractivity contribution in [3.8, 4) is 5.75 Å². The first-order valence-corrected chi connectivity index (χ1v) is 12.6. The van der Waals surface area contributed by atoms with Crippen LogP contribution in [-0.2, 0) is 14.4 Å². The summed E-state index contributed by atoms with van der Waals surface area (Å²) in [6.45, 7) is 3.38. The predicted octanol–water partition coefficient (Wildman–Crippen LogP) is 4.14. The molecule has 0 fully saturated rings. The van der Waals surface area contributed by atoms with Crippen molar-refractivity contribution in [2.75, 3.05) is 22.1 Å². The summed E-state index contributed by atoms with van der Waals surface area (Å²) in [5.41, 5.74) is 8.06. The molecule has 200 valence electrons. The molecule has 1 unspecified atom stereocenters. The molecular formula is C30H31N5O4. The number of nitrogens with two attached hydrogens (primary N) is 1. The molecule has 0 aromatic heterocycles. The van der Waals surface area contributed by atoms with E-state index in [2.05, 4.69) is 0 Å².